The lowest BCUT2D eigenvalue weighted by molar-refractivity contribution is 0.0977. The van der Waals surface area contributed by atoms with Gasteiger partial charge in [0, 0.05) is 21.1 Å². The number of nitrogens with one attached hydrogen (secondary N) is 2. The molecule has 1 heterocycles. The van der Waals surface area contributed by atoms with Crippen molar-refractivity contribution < 1.29 is 23.9 Å². The van der Waals surface area contributed by atoms with Crippen molar-refractivity contribution in [2.75, 3.05) is 10.6 Å². The summed E-state index contributed by atoms with van der Waals surface area (Å²) in [6, 6.07) is 9.85. The van der Waals surface area contributed by atoms with Gasteiger partial charge < -0.3 is 20.6 Å². The molecule has 0 bridgehead atoms. The Kier molecular flexibility index (Phi) is 5.58. The Balaban J connectivity index is 2.14. The molecule has 0 spiro atoms. The third kappa shape index (κ3) is 4.16. The molecular weight excluding hydrogens is 454 g/mol. The van der Waals surface area contributed by atoms with Gasteiger partial charge in [0.15, 0.2) is 0 Å². The molecule has 3 rings (SSSR count). The molecule has 0 aliphatic rings. The number of carbonyl (C=O) groups is 3. The van der Waals surface area contributed by atoms with Crippen LogP contribution < -0.4 is 16.4 Å². The lowest BCUT2D eigenvalue weighted by atomic mass is 9.82. The fourth-order valence-corrected chi connectivity index (χ4v) is 3.68. The summed E-state index contributed by atoms with van der Waals surface area (Å²) in [7, 11) is 0. The van der Waals surface area contributed by atoms with Gasteiger partial charge in [-0.25, -0.2) is 4.79 Å². The molecule has 30 heavy (non-hydrogen) atoms. The van der Waals surface area contributed by atoms with Crippen LogP contribution in [0.4, 0.5) is 16.2 Å². The van der Waals surface area contributed by atoms with E-state index in [1.54, 1.807) is 36.4 Å². The second-order valence-electron chi connectivity index (χ2n) is 7.67. The Morgan fingerprint density at radius 3 is 2.40 bits per heavy atom. The summed E-state index contributed by atoms with van der Waals surface area (Å²) in [5, 5.41) is 14.7. The molecule has 156 valence electrons. The fourth-order valence-electron chi connectivity index (χ4n) is 3.32. The number of carboxylic acid groups (broad SMARTS) is 1. The van der Waals surface area contributed by atoms with Crippen LogP contribution in [0.25, 0.3) is 11.0 Å². The molecule has 0 unspecified atom stereocenters. The third-order valence-electron chi connectivity index (χ3n) is 4.41. The number of halogens is 1. The summed E-state index contributed by atoms with van der Waals surface area (Å²) in [5.41, 5.74) is 6.50. The van der Waals surface area contributed by atoms with Crippen LogP contribution in [0.5, 0.6) is 0 Å². The van der Waals surface area contributed by atoms with Crippen LogP contribution in [0.3, 0.4) is 0 Å². The molecular formula is C21H20BrN3O5. The van der Waals surface area contributed by atoms with Crippen molar-refractivity contribution in [3.05, 3.63) is 57.8 Å². The highest BCUT2D eigenvalue weighted by molar-refractivity contribution is 9.10. The van der Waals surface area contributed by atoms with E-state index in [0.717, 1.165) is 4.47 Å². The summed E-state index contributed by atoms with van der Waals surface area (Å²) in [6.07, 6.45) is -1.24. The van der Waals surface area contributed by atoms with Crippen molar-refractivity contribution in [1.29, 1.82) is 0 Å². The van der Waals surface area contributed by atoms with Crippen LogP contribution in [0, 0.1) is 0 Å². The zero-order valence-corrected chi connectivity index (χ0v) is 18.1. The monoisotopic (exact) mass is 473 g/mol. The topological polar surface area (TPSA) is 135 Å². The molecule has 1 aromatic heterocycles. The molecule has 9 heteroatoms. The lowest BCUT2D eigenvalue weighted by Crippen LogP contribution is -2.24. The second-order valence-corrected chi connectivity index (χ2v) is 8.59. The number of fused-ring (bicyclic) bond motifs is 1. The van der Waals surface area contributed by atoms with E-state index in [4.69, 9.17) is 15.3 Å². The average molecular weight is 474 g/mol. The van der Waals surface area contributed by atoms with Gasteiger partial charge in [-0.2, -0.15) is 0 Å². The Labute approximate surface area is 180 Å². The third-order valence-corrected chi connectivity index (χ3v) is 4.91. The van der Waals surface area contributed by atoms with Crippen LogP contribution in [0.1, 0.15) is 47.2 Å². The van der Waals surface area contributed by atoms with E-state index in [1.165, 1.54) is 0 Å². The summed E-state index contributed by atoms with van der Waals surface area (Å²) in [4.78, 5) is 36.3. The van der Waals surface area contributed by atoms with Crippen molar-refractivity contribution in [3.63, 3.8) is 0 Å². The first-order valence-corrected chi connectivity index (χ1v) is 9.75. The van der Waals surface area contributed by atoms with Crippen LogP contribution in [-0.4, -0.2) is 23.0 Å². The van der Waals surface area contributed by atoms with Gasteiger partial charge in [-0.05, 0) is 41.3 Å². The zero-order valence-electron chi connectivity index (χ0n) is 16.5. The highest BCUT2D eigenvalue weighted by Gasteiger charge is 2.28. The molecule has 5 N–H and O–H groups in total. The van der Waals surface area contributed by atoms with Gasteiger partial charge in [0.2, 0.25) is 5.76 Å². The minimum Gasteiger partial charge on any atom is -0.465 e. The van der Waals surface area contributed by atoms with E-state index in [-0.39, 0.29) is 17.0 Å². The molecule has 3 amide bonds. The summed E-state index contributed by atoms with van der Waals surface area (Å²) in [5.74, 6) is -1.53. The number of nitrogens with two attached hydrogens (primary N) is 1. The predicted octanol–water partition coefficient (Wildman–Crippen LogP) is 4.93. The number of anilines is 2. The van der Waals surface area contributed by atoms with E-state index in [2.05, 4.69) is 26.6 Å². The van der Waals surface area contributed by atoms with Crippen molar-refractivity contribution in [1.82, 2.24) is 0 Å². The first-order chi connectivity index (χ1) is 14.0. The van der Waals surface area contributed by atoms with Gasteiger partial charge >= 0.3 is 6.09 Å². The maximum atomic E-state index is 13.2. The Morgan fingerprint density at radius 1 is 1.10 bits per heavy atom. The number of hydrogen-bond acceptors (Lipinski definition) is 4. The molecule has 0 aliphatic carbocycles. The summed E-state index contributed by atoms with van der Waals surface area (Å²) < 4.78 is 6.25. The van der Waals surface area contributed by atoms with Crippen LogP contribution in [-0.2, 0) is 5.41 Å². The number of benzene rings is 2. The van der Waals surface area contributed by atoms with Crippen molar-refractivity contribution in [3.8, 4) is 0 Å². The first kappa shape index (κ1) is 21.4. The van der Waals surface area contributed by atoms with Gasteiger partial charge in [-0.1, -0.05) is 42.8 Å². The minimum absolute atomic E-state index is 0.153. The highest BCUT2D eigenvalue weighted by atomic mass is 79.9. The van der Waals surface area contributed by atoms with E-state index in [1.807, 2.05) is 20.8 Å². The van der Waals surface area contributed by atoms with Gasteiger partial charge in [0.1, 0.15) is 11.3 Å². The fraction of sp³-hybridized carbons (Fsp3) is 0.190. The molecule has 0 fully saturated rings. The molecule has 2 aromatic carbocycles. The van der Waals surface area contributed by atoms with Crippen LogP contribution >= 0.6 is 15.9 Å². The zero-order chi connectivity index (χ0) is 22.2. The molecule has 0 saturated carbocycles. The van der Waals surface area contributed by atoms with Gasteiger partial charge in [-0.3, -0.25) is 14.9 Å². The van der Waals surface area contributed by atoms with E-state index >= 15 is 0 Å². The van der Waals surface area contributed by atoms with Crippen LogP contribution in [0.2, 0.25) is 0 Å². The summed E-state index contributed by atoms with van der Waals surface area (Å²) >= 11 is 3.36. The standard InChI is InChI=1S/C21H20BrN3O5/c1-21(2,3)15-11(5-4-6-13(15)24-20(28)29)19(27)25-16-12-9-10(22)7-8-14(12)30-17(16)18(23)26/h4-9,24H,1-3H3,(H2,23,26)(H,25,27)(H,28,29). The maximum Gasteiger partial charge on any atom is 0.409 e. The highest BCUT2D eigenvalue weighted by Crippen LogP contribution is 2.36. The van der Waals surface area contributed by atoms with Crippen molar-refractivity contribution >= 4 is 56.2 Å². The maximum absolute atomic E-state index is 13.2. The number of rotatable bonds is 4. The predicted molar refractivity (Wildman–Crippen MR) is 117 cm³/mol. The van der Waals surface area contributed by atoms with Crippen molar-refractivity contribution in [2.45, 2.75) is 26.2 Å². The second kappa shape index (κ2) is 7.83. The van der Waals surface area contributed by atoms with Gasteiger partial charge in [0.25, 0.3) is 11.8 Å². The number of primary amides is 1. The quantitative estimate of drug-likeness (QED) is 0.425. The molecule has 0 radical (unpaired) electrons. The number of carbonyl (C=O) groups excluding carboxylic acids is 2. The van der Waals surface area contributed by atoms with Crippen LogP contribution in [0.15, 0.2) is 45.3 Å². The molecule has 3 aromatic rings. The van der Waals surface area contributed by atoms with E-state index in [0.29, 0.717) is 22.2 Å². The average Bonchev–Trinajstić information content (AvgIpc) is 2.98. The largest absolute Gasteiger partial charge is 0.465 e. The van der Waals surface area contributed by atoms with Gasteiger partial charge in [0.05, 0.1) is 0 Å². The Hall–Kier alpha value is -3.33. The van der Waals surface area contributed by atoms with Gasteiger partial charge in [-0.15, -0.1) is 0 Å². The Morgan fingerprint density at radius 2 is 1.80 bits per heavy atom. The van der Waals surface area contributed by atoms with Crippen molar-refractivity contribution in [2.24, 2.45) is 5.73 Å². The minimum atomic E-state index is -1.24. The number of hydrogen-bond donors (Lipinski definition) is 4. The number of furan rings is 1. The molecule has 0 aliphatic heterocycles. The molecule has 8 nitrogen and oxygen atoms in total. The first-order valence-electron chi connectivity index (χ1n) is 8.95. The van der Waals surface area contributed by atoms with E-state index < -0.39 is 23.3 Å². The molecule has 0 saturated heterocycles. The number of amides is 3. The summed E-state index contributed by atoms with van der Waals surface area (Å²) in [6.45, 7) is 5.60. The molecule has 0 atom stereocenters. The normalized spacial score (nSPS) is 11.3. The Bertz CT molecular complexity index is 1180. The van der Waals surface area contributed by atoms with E-state index in [9.17, 15) is 14.4 Å². The lowest BCUT2D eigenvalue weighted by Gasteiger charge is -2.25. The SMILES string of the molecule is CC(C)(C)c1c(NC(=O)O)cccc1C(=O)Nc1c(C(N)=O)oc2ccc(Br)cc12. The smallest absolute Gasteiger partial charge is 0.409 e.